The molecule has 0 bridgehead atoms. The number of hydrogen-bond acceptors (Lipinski definition) is 2. The summed E-state index contributed by atoms with van der Waals surface area (Å²) >= 11 is 0. The molecule has 2 nitrogen and oxygen atoms in total. The van der Waals surface area contributed by atoms with Crippen LogP contribution in [0.25, 0.3) is 6.08 Å². The monoisotopic (exact) mass is 185 g/mol. The summed E-state index contributed by atoms with van der Waals surface area (Å²) in [7, 11) is 0. The molecule has 1 aliphatic heterocycles. The van der Waals surface area contributed by atoms with Gasteiger partial charge >= 0.3 is 0 Å². The Hall–Kier alpha value is -1.75. The normalized spacial score (nSPS) is 17.8. The van der Waals surface area contributed by atoms with Crippen LogP contribution in [0.3, 0.4) is 0 Å². The zero-order valence-electron chi connectivity index (χ0n) is 7.86. The lowest BCUT2D eigenvalue weighted by Gasteiger charge is -1.98. The highest BCUT2D eigenvalue weighted by molar-refractivity contribution is 5.53. The summed E-state index contributed by atoms with van der Waals surface area (Å²) in [5.41, 5.74) is 1.79. The summed E-state index contributed by atoms with van der Waals surface area (Å²) < 4.78 is 5.41. The second-order valence-corrected chi connectivity index (χ2v) is 3.30. The van der Waals surface area contributed by atoms with Gasteiger partial charge in [0.2, 0.25) is 0 Å². The first-order valence-corrected chi connectivity index (χ1v) is 4.72. The Balaban J connectivity index is 2.17. The van der Waals surface area contributed by atoms with E-state index in [1.165, 1.54) is 0 Å². The molecule has 0 saturated carbocycles. The van der Waals surface area contributed by atoms with Gasteiger partial charge in [-0.1, -0.05) is 12.1 Å². The minimum Gasteiger partial charge on any atom is -0.498 e. The number of rotatable bonds is 1. The van der Waals surface area contributed by atoms with Gasteiger partial charge in [0.15, 0.2) is 0 Å². The molecule has 0 spiro atoms. The number of nitriles is 1. The van der Waals surface area contributed by atoms with Crippen molar-refractivity contribution in [3.8, 4) is 6.07 Å². The van der Waals surface area contributed by atoms with E-state index >= 15 is 0 Å². The summed E-state index contributed by atoms with van der Waals surface area (Å²) in [6.07, 6.45) is 4.18. The Labute approximate surface area is 83.4 Å². The average molecular weight is 185 g/mol. The summed E-state index contributed by atoms with van der Waals surface area (Å²) in [6, 6.07) is 9.61. The molecule has 0 unspecified atom stereocenters. The van der Waals surface area contributed by atoms with Crippen LogP contribution >= 0.6 is 0 Å². The Bertz CT molecular complexity index is 376. The molecule has 70 valence electrons. The third-order valence-electron chi connectivity index (χ3n) is 2.22. The van der Waals surface area contributed by atoms with Gasteiger partial charge in [-0.2, -0.15) is 5.26 Å². The van der Waals surface area contributed by atoms with Gasteiger partial charge in [-0.3, -0.25) is 0 Å². The Morgan fingerprint density at radius 1 is 1.29 bits per heavy atom. The lowest BCUT2D eigenvalue weighted by molar-refractivity contribution is 0.266. The number of hydrogen-bond donors (Lipinski definition) is 0. The van der Waals surface area contributed by atoms with Crippen LogP contribution in [0.5, 0.6) is 0 Å². The molecule has 0 aromatic heterocycles. The number of allylic oxidation sites excluding steroid dienone is 1. The van der Waals surface area contributed by atoms with Crippen LogP contribution in [0, 0.1) is 11.3 Å². The molecule has 1 fully saturated rings. The maximum atomic E-state index is 8.62. The predicted molar refractivity (Wildman–Crippen MR) is 54.3 cm³/mol. The molecule has 0 amide bonds. The van der Waals surface area contributed by atoms with E-state index in [0.717, 1.165) is 30.8 Å². The summed E-state index contributed by atoms with van der Waals surface area (Å²) in [4.78, 5) is 0. The average Bonchev–Trinajstić information content (AvgIpc) is 2.72. The van der Waals surface area contributed by atoms with Crippen molar-refractivity contribution in [3.63, 3.8) is 0 Å². The van der Waals surface area contributed by atoms with Crippen molar-refractivity contribution in [1.29, 1.82) is 5.26 Å². The van der Waals surface area contributed by atoms with E-state index < -0.39 is 0 Å². The van der Waals surface area contributed by atoms with Crippen LogP contribution in [0.1, 0.15) is 24.0 Å². The van der Waals surface area contributed by atoms with Crippen molar-refractivity contribution in [2.24, 2.45) is 0 Å². The second-order valence-electron chi connectivity index (χ2n) is 3.30. The van der Waals surface area contributed by atoms with Crippen molar-refractivity contribution in [1.82, 2.24) is 0 Å². The van der Waals surface area contributed by atoms with Gasteiger partial charge in [0, 0.05) is 6.42 Å². The first-order chi connectivity index (χ1) is 6.88. The van der Waals surface area contributed by atoms with Gasteiger partial charge in [0.25, 0.3) is 0 Å². The molecule has 0 aliphatic carbocycles. The Kier molecular flexibility index (Phi) is 2.51. The minimum absolute atomic E-state index is 0.694. The van der Waals surface area contributed by atoms with E-state index in [2.05, 4.69) is 6.07 Å². The highest BCUT2D eigenvalue weighted by Crippen LogP contribution is 2.19. The van der Waals surface area contributed by atoms with Crippen molar-refractivity contribution in [2.75, 3.05) is 6.61 Å². The third-order valence-corrected chi connectivity index (χ3v) is 2.22. The standard InChI is InChI=1S/C12H11NO/c13-9-11-5-3-10(4-6-11)8-12-2-1-7-14-12/h3-6,8H,1-2,7H2/b12-8-. The fourth-order valence-electron chi connectivity index (χ4n) is 1.48. The SMILES string of the molecule is N#Cc1ccc(/C=C2/CCCO2)cc1. The van der Waals surface area contributed by atoms with Gasteiger partial charge in [-0.25, -0.2) is 0 Å². The Morgan fingerprint density at radius 3 is 2.64 bits per heavy atom. The van der Waals surface area contributed by atoms with Gasteiger partial charge in [-0.15, -0.1) is 0 Å². The lowest BCUT2D eigenvalue weighted by Crippen LogP contribution is -1.80. The molecule has 1 aromatic rings. The van der Waals surface area contributed by atoms with E-state index in [0.29, 0.717) is 5.56 Å². The maximum Gasteiger partial charge on any atom is 0.0991 e. The molecular formula is C12H11NO. The first-order valence-electron chi connectivity index (χ1n) is 4.72. The van der Waals surface area contributed by atoms with Crippen LogP contribution in [0.4, 0.5) is 0 Å². The van der Waals surface area contributed by atoms with E-state index in [9.17, 15) is 0 Å². The molecule has 2 rings (SSSR count). The van der Waals surface area contributed by atoms with Crippen LogP contribution in [-0.2, 0) is 4.74 Å². The van der Waals surface area contributed by atoms with Crippen molar-refractivity contribution in [3.05, 3.63) is 41.2 Å². The van der Waals surface area contributed by atoms with Crippen LogP contribution in [0.15, 0.2) is 30.0 Å². The van der Waals surface area contributed by atoms with Crippen molar-refractivity contribution < 1.29 is 4.74 Å². The third kappa shape index (κ3) is 1.94. The molecule has 1 saturated heterocycles. The quantitative estimate of drug-likeness (QED) is 0.674. The van der Waals surface area contributed by atoms with E-state index in [-0.39, 0.29) is 0 Å². The van der Waals surface area contributed by atoms with Crippen LogP contribution in [0.2, 0.25) is 0 Å². The number of nitrogens with zero attached hydrogens (tertiary/aromatic N) is 1. The maximum absolute atomic E-state index is 8.62. The molecule has 1 aliphatic rings. The molecule has 0 atom stereocenters. The van der Waals surface area contributed by atoms with Crippen molar-refractivity contribution >= 4 is 6.08 Å². The van der Waals surface area contributed by atoms with Crippen molar-refractivity contribution in [2.45, 2.75) is 12.8 Å². The zero-order valence-corrected chi connectivity index (χ0v) is 7.86. The van der Waals surface area contributed by atoms with Gasteiger partial charge in [-0.05, 0) is 30.2 Å². The molecule has 1 heterocycles. The number of benzene rings is 1. The Morgan fingerprint density at radius 2 is 2.07 bits per heavy atom. The van der Waals surface area contributed by atoms with Gasteiger partial charge in [0.05, 0.1) is 24.0 Å². The first kappa shape index (κ1) is 8.83. The van der Waals surface area contributed by atoms with Gasteiger partial charge in [0.1, 0.15) is 0 Å². The molecule has 1 aromatic carbocycles. The number of ether oxygens (including phenoxy) is 1. The molecule has 0 N–H and O–H groups in total. The summed E-state index contributed by atoms with van der Waals surface area (Å²) in [5.74, 6) is 1.05. The minimum atomic E-state index is 0.694. The topological polar surface area (TPSA) is 33.0 Å². The second kappa shape index (κ2) is 3.97. The zero-order chi connectivity index (χ0) is 9.80. The van der Waals surface area contributed by atoms with E-state index in [4.69, 9.17) is 10.00 Å². The molecular weight excluding hydrogens is 174 g/mol. The van der Waals surface area contributed by atoms with E-state index in [1.807, 2.05) is 30.3 Å². The fourth-order valence-corrected chi connectivity index (χ4v) is 1.48. The van der Waals surface area contributed by atoms with E-state index in [1.54, 1.807) is 0 Å². The molecule has 2 heteroatoms. The largest absolute Gasteiger partial charge is 0.498 e. The highest BCUT2D eigenvalue weighted by atomic mass is 16.5. The summed E-state index contributed by atoms with van der Waals surface area (Å²) in [5, 5.41) is 8.62. The fraction of sp³-hybridized carbons (Fsp3) is 0.250. The van der Waals surface area contributed by atoms with Gasteiger partial charge < -0.3 is 4.74 Å². The highest BCUT2D eigenvalue weighted by Gasteiger charge is 2.06. The van der Waals surface area contributed by atoms with Crippen LogP contribution in [-0.4, -0.2) is 6.61 Å². The lowest BCUT2D eigenvalue weighted by atomic mass is 10.1. The molecule has 0 radical (unpaired) electrons. The van der Waals surface area contributed by atoms with Crippen LogP contribution < -0.4 is 0 Å². The summed E-state index contributed by atoms with van der Waals surface area (Å²) in [6.45, 7) is 0.835. The molecule has 14 heavy (non-hydrogen) atoms. The smallest absolute Gasteiger partial charge is 0.0991 e. The predicted octanol–water partition coefficient (Wildman–Crippen LogP) is 2.71.